The third-order valence-electron chi connectivity index (χ3n) is 5.28. The van der Waals surface area contributed by atoms with E-state index < -0.39 is 0 Å². The summed E-state index contributed by atoms with van der Waals surface area (Å²) in [5, 5.41) is 10.3. The first-order chi connectivity index (χ1) is 13.8. The van der Waals surface area contributed by atoms with Crippen LogP contribution in [-0.4, -0.2) is 24.0 Å². The number of benzene rings is 2. The number of nitrogens with one attached hydrogen (secondary N) is 2. The summed E-state index contributed by atoms with van der Waals surface area (Å²) in [6.07, 6.45) is 1.05. The van der Waals surface area contributed by atoms with Crippen LogP contribution in [0.15, 0.2) is 71.4 Å². The van der Waals surface area contributed by atoms with Gasteiger partial charge in [0, 0.05) is 26.2 Å². The third kappa shape index (κ3) is 4.61. The second-order valence-electron chi connectivity index (χ2n) is 7.11. The van der Waals surface area contributed by atoms with Crippen molar-refractivity contribution in [3.05, 3.63) is 93.7 Å². The van der Waals surface area contributed by atoms with Crippen LogP contribution in [0, 0.1) is 0 Å². The fourth-order valence-corrected chi connectivity index (χ4v) is 4.44. The summed E-state index contributed by atoms with van der Waals surface area (Å²) in [6.45, 7) is 3.06. The summed E-state index contributed by atoms with van der Waals surface area (Å²) in [4.78, 5) is 14.8. The number of nitrogens with zero attached hydrogens (tertiary/aromatic N) is 1. The van der Waals surface area contributed by atoms with Gasteiger partial charge >= 0.3 is 6.03 Å². The zero-order valence-electron chi connectivity index (χ0n) is 15.8. The van der Waals surface area contributed by atoms with Crippen molar-refractivity contribution in [1.82, 2.24) is 15.5 Å². The van der Waals surface area contributed by atoms with Gasteiger partial charge in [0.15, 0.2) is 0 Å². The van der Waals surface area contributed by atoms with E-state index in [1.54, 1.807) is 11.3 Å². The molecule has 0 fully saturated rings. The molecule has 4 nitrogen and oxygen atoms in total. The Morgan fingerprint density at radius 3 is 2.57 bits per heavy atom. The van der Waals surface area contributed by atoms with Crippen LogP contribution in [0.5, 0.6) is 0 Å². The standard InChI is InChI=1S/C23H25N3OS/c27-23(24-14-18-6-2-1-3-7-18)25-15-22(21-11-13-28-17-21)26-12-10-19-8-4-5-9-20(19)16-26/h1-9,11,13,17,22H,10,12,14-16H2,(H2,24,25,27). The summed E-state index contributed by atoms with van der Waals surface area (Å²) >= 11 is 1.70. The monoisotopic (exact) mass is 391 g/mol. The van der Waals surface area contributed by atoms with Crippen molar-refractivity contribution in [2.24, 2.45) is 0 Å². The predicted octanol–water partition coefficient (Wildman–Crippen LogP) is 4.35. The van der Waals surface area contributed by atoms with Gasteiger partial charge in [-0.2, -0.15) is 11.3 Å². The molecular formula is C23H25N3OS. The lowest BCUT2D eigenvalue weighted by Gasteiger charge is -2.35. The largest absolute Gasteiger partial charge is 0.336 e. The lowest BCUT2D eigenvalue weighted by molar-refractivity contribution is 0.174. The Kier molecular flexibility index (Phi) is 6.04. The van der Waals surface area contributed by atoms with E-state index in [-0.39, 0.29) is 12.1 Å². The molecule has 2 aromatic carbocycles. The molecule has 144 valence electrons. The minimum atomic E-state index is -0.124. The Morgan fingerprint density at radius 2 is 1.79 bits per heavy atom. The molecule has 1 aliphatic rings. The SMILES string of the molecule is O=C(NCc1ccccc1)NCC(c1ccsc1)N1CCc2ccccc2C1. The van der Waals surface area contributed by atoms with Crippen molar-refractivity contribution >= 4 is 17.4 Å². The Bertz CT molecular complexity index is 895. The number of hydrogen-bond acceptors (Lipinski definition) is 3. The second-order valence-corrected chi connectivity index (χ2v) is 7.89. The van der Waals surface area contributed by atoms with E-state index in [1.165, 1.54) is 16.7 Å². The zero-order chi connectivity index (χ0) is 19.2. The van der Waals surface area contributed by atoms with E-state index in [0.717, 1.165) is 25.1 Å². The molecule has 5 heteroatoms. The molecule has 2 heterocycles. The van der Waals surface area contributed by atoms with E-state index in [9.17, 15) is 4.79 Å². The Balaban J connectivity index is 1.38. The smallest absolute Gasteiger partial charge is 0.315 e. The molecule has 2 amide bonds. The van der Waals surface area contributed by atoms with Crippen LogP contribution in [0.1, 0.15) is 28.3 Å². The highest BCUT2D eigenvalue weighted by molar-refractivity contribution is 7.07. The number of carbonyl (C=O) groups is 1. The van der Waals surface area contributed by atoms with E-state index in [1.807, 2.05) is 30.3 Å². The summed E-state index contributed by atoms with van der Waals surface area (Å²) in [6, 6.07) is 20.9. The van der Waals surface area contributed by atoms with Gasteiger partial charge in [0.25, 0.3) is 0 Å². The highest BCUT2D eigenvalue weighted by Gasteiger charge is 2.25. The van der Waals surface area contributed by atoms with E-state index in [2.05, 4.69) is 56.6 Å². The second kappa shape index (κ2) is 9.04. The minimum absolute atomic E-state index is 0.124. The zero-order valence-corrected chi connectivity index (χ0v) is 16.6. The van der Waals surface area contributed by atoms with Gasteiger partial charge in [-0.1, -0.05) is 54.6 Å². The highest BCUT2D eigenvalue weighted by atomic mass is 32.1. The van der Waals surface area contributed by atoms with Crippen molar-refractivity contribution in [3.63, 3.8) is 0 Å². The van der Waals surface area contributed by atoms with Crippen LogP contribution in [0.25, 0.3) is 0 Å². The maximum atomic E-state index is 12.3. The van der Waals surface area contributed by atoms with Crippen LogP contribution < -0.4 is 10.6 Å². The molecule has 1 unspecified atom stereocenters. The van der Waals surface area contributed by atoms with Crippen LogP contribution in [0.2, 0.25) is 0 Å². The molecule has 0 aliphatic carbocycles. The average molecular weight is 392 g/mol. The Morgan fingerprint density at radius 1 is 1.00 bits per heavy atom. The highest BCUT2D eigenvalue weighted by Crippen LogP contribution is 2.28. The van der Waals surface area contributed by atoms with Crippen molar-refractivity contribution in [3.8, 4) is 0 Å². The first-order valence-electron chi connectivity index (χ1n) is 9.68. The lowest BCUT2D eigenvalue weighted by atomic mass is 9.97. The number of carbonyl (C=O) groups excluding carboxylic acids is 1. The van der Waals surface area contributed by atoms with Gasteiger partial charge in [-0.05, 0) is 45.5 Å². The molecular weight excluding hydrogens is 366 g/mol. The minimum Gasteiger partial charge on any atom is -0.336 e. The van der Waals surface area contributed by atoms with Crippen molar-refractivity contribution in [1.29, 1.82) is 0 Å². The fraction of sp³-hybridized carbons (Fsp3) is 0.261. The van der Waals surface area contributed by atoms with Gasteiger partial charge in [0.2, 0.25) is 0 Å². The summed E-state index contributed by atoms with van der Waals surface area (Å²) in [5.74, 6) is 0. The molecule has 0 spiro atoms. The quantitative estimate of drug-likeness (QED) is 0.656. The number of amides is 2. The molecule has 0 saturated carbocycles. The molecule has 0 saturated heterocycles. The van der Waals surface area contributed by atoms with Crippen LogP contribution in [0.3, 0.4) is 0 Å². The summed E-state index contributed by atoms with van der Waals surface area (Å²) < 4.78 is 0. The van der Waals surface area contributed by atoms with E-state index >= 15 is 0 Å². The van der Waals surface area contributed by atoms with Gasteiger partial charge < -0.3 is 10.6 Å². The first-order valence-corrected chi connectivity index (χ1v) is 10.6. The van der Waals surface area contributed by atoms with Crippen LogP contribution in [0.4, 0.5) is 4.79 Å². The molecule has 1 atom stereocenters. The fourth-order valence-electron chi connectivity index (χ4n) is 3.74. The van der Waals surface area contributed by atoms with Gasteiger partial charge in [0.05, 0.1) is 6.04 Å². The molecule has 1 aliphatic heterocycles. The number of hydrogen-bond donors (Lipinski definition) is 2. The van der Waals surface area contributed by atoms with Gasteiger partial charge in [0.1, 0.15) is 0 Å². The van der Waals surface area contributed by atoms with Crippen molar-refractivity contribution < 1.29 is 4.79 Å². The molecule has 2 N–H and O–H groups in total. The molecule has 0 radical (unpaired) electrons. The van der Waals surface area contributed by atoms with Crippen molar-refractivity contribution in [2.75, 3.05) is 13.1 Å². The number of fused-ring (bicyclic) bond motifs is 1. The van der Waals surface area contributed by atoms with Crippen molar-refractivity contribution in [2.45, 2.75) is 25.6 Å². The normalized spacial score (nSPS) is 14.9. The summed E-state index contributed by atoms with van der Waals surface area (Å²) in [5.41, 5.74) is 5.20. The third-order valence-corrected chi connectivity index (χ3v) is 5.98. The Hall–Kier alpha value is -2.63. The predicted molar refractivity (Wildman–Crippen MR) is 114 cm³/mol. The maximum absolute atomic E-state index is 12.3. The first kappa shape index (κ1) is 18.7. The maximum Gasteiger partial charge on any atom is 0.315 e. The van der Waals surface area contributed by atoms with Gasteiger partial charge in [-0.3, -0.25) is 4.90 Å². The molecule has 4 rings (SSSR count). The van der Waals surface area contributed by atoms with Crippen LogP contribution >= 0.6 is 11.3 Å². The average Bonchev–Trinajstić information content (AvgIpc) is 3.27. The Labute approximate surface area is 170 Å². The topological polar surface area (TPSA) is 44.4 Å². The van der Waals surface area contributed by atoms with E-state index in [4.69, 9.17) is 0 Å². The lowest BCUT2D eigenvalue weighted by Crippen LogP contribution is -2.43. The molecule has 3 aromatic rings. The number of rotatable bonds is 6. The molecule has 1 aromatic heterocycles. The van der Waals surface area contributed by atoms with E-state index in [0.29, 0.717) is 13.1 Å². The number of thiophene rings is 1. The van der Waals surface area contributed by atoms with Crippen LogP contribution in [-0.2, 0) is 19.5 Å². The molecule has 28 heavy (non-hydrogen) atoms. The summed E-state index contributed by atoms with van der Waals surface area (Å²) in [7, 11) is 0. The van der Waals surface area contributed by atoms with Gasteiger partial charge in [-0.25, -0.2) is 4.79 Å². The van der Waals surface area contributed by atoms with Gasteiger partial charge in [-0.15, -0.1) is 0 Å². The molecule has 0 bridgehead atoms. The number of urea groups is 1.